The molecule has 1 unspecified atom stereocenters. The first kappa shape index (κ1) is 14.9. The van der Waals surface area contributed by atoms with Gasteiger partial charge in [-0.3, -0.25) is 4.79 Å². The zero-order valence-corrected chi connectivity index (χ0v) is 14.0. The zero-order valence-electron chi connectivity index (χ0n) is 14.0. The van der Waals surface area contributed by atoms with Gasteiger partial charge in [-0.15, -0.1) is 0 Å². The summed E-state index contributed by atoms with van der Waals surface area (Å²) in [5.74, 6) is 3.78. The molecule has 124 valence electrons. The number of hydrogen-bond donors (Lipinski definition) is 1. The summed E-state index contributed by atoms with van der Waals surface area (Å²) in [6, 6.07) is 0.495. The van der Waals surface area contributed by atoms with Crippen LogP contribution in [0.25, 0.3) is 0 Å². The van der Waals surface area contributed by atoms with Crippen LogP contribution in [-0.4, -0.2) is 50.7 Å². The average Bonchev–Trinajstić information content (AvgIpc) is 2.95. The molecule has 4 saturated carbocycles. The Labute approximate surface area is 134 Å². The fourth-order valence-electron chi connectivity index (χ4n) is 6.43. The van der Waals surface area contributed by atoms with Crippen molar-refractivity contribution in [2.75, 3.05) is 33.9 Å². The molecule has 4 nitrogen and oxygen atoms in total. The van der Waals surface area contributed by atoms with Crippen molar-refractivity contribution < 1.29 is 9.53 Å². The van der Waals surface area contributed by atoms with Crippen molar-refractivity contribution in [1.29, 1.82) is 0 Å². The van der Waals surface area contributed by atoms with Gasteiger partial charge in [0.25, 0.3) is 0 Å². The Hall–Kier alpha value is -0.610. The number of amides is 1. The normalized spacial score (nSPS) is 46.2. The van der Waals surface area contributed by atoms with Gasteiger partial charge < -0.3 is 15.0 Å². The monoisotopic (exact) mass is 306 g/mol. The minimum Gasteiger partial charge on any atom is -0.384 e. The van der Waals surface area contributed by atoms with Gasteiger partial charge in [0.05, 0.1) is 12.0 Å². The second kappa shape index (κ2) is 5.48. The Morgan fingerprint density at radius 3 is 2.32 bits per heavy atom. The number of methoxy groups -OCH3 is 1. The Morgan fingerprint density at radius 2 is 1.82 bits per heavy atom. The Balaban J connectivity index is 1.53. The van der Waals surface area contributed by atoms with Crippen molar-refractivity contribution >= 4 is 5.91 Å². The molecule has 5 aliphatic rings. The lowest BCUT2D eigenvalue weighted by molar-refractivity contribution is -0.153. The van der Waals surface area contributed by atoms with Crippen LogP contribution in [-0.2, 0) is 9.53 Å². The van der Waals surface area contributed by atoms with Gasteiger partial charge in [-0.1, -0.05) is 0 Å². The van der Waals surface area contributed by atoms with Crippen molar-refractivity contribution in [3.63, 3.8) is 0 Å². The maximum Gasteiger partial charge on any atom is 0.232 e. The molecule has 1 aliphatic heterocycles. The third kappa shape index (κ3) is 2.22. The summed E-state index contributed by atoms with van der Waals surface area (Å²) in [4.78, 5) is 15.4. The molecule has 1 saturated heterocycles. The van der Waals surface area contributed by atoms with E-state index in [0.29, 0.717) is 18.6 Å². The minimum atomic E-state index is -0.321. The standard InChI is InChI=1S/C18H30N2O2/c1-20(17(21)18(11-22-2)3-4-19-10-18)16-14-6-12-5-13(8-14)9-15(16)7-12/h12-16,19H,3-11H2,1-2H3. The van der Waals surface area contributed by atoms with Gasteiger partial charge in [-0.25, -0.2) is 0 Å². The number of carbonyl (C=O) groups is 1. The van der Waals surface area contributed by atoms with Gasteiger partial charge in [0, 0.05) is 26.7 Å². The summed E-state index contributed by atoms with van der Waals surface area (Å²) in [7, 11) is 3.79. The molecule has 1 amide bonds. The highest BCUT2D eigenvalue weighted by atomic mass is 16.5. The average molecular weight is 306 g/mol. The van der Waals surface area contributed by atoms with Crippen LogP contribution in [0.4, 0.5) is 0 Å². The number of nitrogens with one attached hydrogen (secondary N) is 1. The molecule has 4 aliphatic carbocycles. The van der Waals surface area contributed by atoms with E-state index < -0.39 is 0 Å². The van der Waals surface area contributed by atoms with Gasteiger partial charge in [0.15, 0.2) is 0 Å². The molecule has 1 heterocycles. The summed E-state index contributed by atoms with van der Waals surface area (Å²) in [6.45, 7) is 2.26. The minimum absolute atomic E-state index is 0.321. The molecule has 0 radical (unpaired) electrons. The van der Waals surface area contributed by atoms with Crippen LogP contribution in [0.5, 0.6) is 0 Å². The third-order valence-electron chi connectivity index (χ3n) is 7.06. The molecule has 0 spiro atoms. The smallest absolute Gasteiger partial charge is 0.232 e. The molecule has 5 rings (SSSR count). The largest absolute Gasteiger partial charge is 0.384 e. The van der Waals surface area contributed by atoms with Gasteiger partial charge in [0.2, 0.25) is 5.91 Å². The van der Waals surface area contributed by atoms with Crippen molar-refractivity contribution in [1.82, 2.24) is 10.2 Å². The van der Waals surface area contributed by atoms with E-state index in [1.165, 1.54) is 32.1 Å². The molecule has 5 fully saturated rings. The second-order valence-electron chi connectivity index (χ2n) is 8.48. The van der Waals surface area contributed by atoms with E-state index in [1.807, 2.05) is 0 Å². The van der Waals surface area contributed by atoms with Crippen LogP contribution in [0.1, 0.15) is 38.5 Å². The predicted octanol–water partition coefficient (Wildman–Crippen LogP) is 1.90. The molecule has 22 heavy (non-hydrogen) atoms. The number of ether oxygens (including phenoxy) is 1. The first-order valence-electron chi connectivity index (χ1n) is 9.10. The fraction of sp³-hybridized carbons (Fsp3) is 0.944. The first-order valence-corrected chi connectivity index (χ1v) is 9.10. The van der Waals surface area contributed by atoms with Crippen LogP contribution >= 0.6 is 0 Å². The lowest BCUT2D eigenvalue weighted by Crippen LogP contribution is -2.59. The molecule has 4 heteroatoms. The van der Waals surface area contributed by atoms with Crippen LogP contribution in [0.3, 0.4) is 0 Å². The zero-order chi connectivity index (χ0) is 15.3. The van der Waals surface area contributed by atoms with Crippen LogP contribution in [0.2, 0.25) is 0 Å². The number of hydrogen-bond acceptors (Lipinski definition) is 3. The molecule has 4 bridgehead atoms. The van der Waals surface area contributed by atoms with Gasteiger partial charge >= 0.3 is 0 Å². The lowest BCUT2D eigenvalue weighted by Gasteiger charge is -2.57. The molecular weight excluding hydrogens is 276 g/mol. The molecule has 1 N–H and O–H groups in total. The predicted molar refractivity (Wildman–Crippen MR) is 85.4 cm³/mol. The van der Waals surface area contributed by atoms with E-state index in [-0.39, 0.29) is 5.41 Å². The third-order valence-corrected chi connectivity index (χ3v) is 7.06. The second-order valence-corrected chi connectivity index (χ2v) is 8.48. The quantitative estimate of drug-likeness (QED) is 0.862. The lowest BCUT2D eigenvalue weighted by atomic mass is 9.54. The topological polar surface area (TPSA) is 41.6 Å². The van der Waals surface area contributed by atoms with E-state index in [1.54, 1.807) is 7.11 Å². The fourth-order valence-corrected chi connectivity index (χ4v) is 6.43. The summed E-state index contributed by atoms with van der Waals surface area (Å²) in [6.07, 6.45) is 7.84. The highest BCUT2D eigenvalue weighted by Gasteiger charge is 2.53. The van der Waals surface area contributed by atoms with Gasteiger partial charge in [-0.2, -0.15) is 0 Å². The maximum atomic E-state index is 13.3. The van der Waals surface area contributed by atoms with Crippen molar-refractivity contribution in [3.05, 3.63) is 0 Å². The summed E-state index contributed by atoms with van der Waals surface area (Å²) >= 11 is 0. The highest BCUT2D eigenvalue weighted by Crippen LogP contribution is 2.55. The van der Waals surface area contributed by atoms with Crippen LogP contribution < -0.4 is 5.32 Å². The molecular formula is C18H30N2O2. The number of nitrogens with zero attached hydrogens (tertiary/aromatic N) is 1. The Bertz CT molecular complexity index is 416. The summed E-state index contributed by atoms with van der Waals surface area (Å²) in [5, 5.41) is 3.37. The molecule has 0 aromatic rings. The van der Waals surface area contributed by atoms with E-state index in [9.17, 15) is 4.79 Å². The van der Waals surface area contributed by atoms with E-state index in [4.69, 9.17) is 4.74 Å². The first-order chi connectivity index (χ1) is 10.6. The summed E-state index contributed by atoms with van der Waals surface area (Å²) in [5.41, 5.74) is -0.321. The highest BCUT2D eigenvalue weighted by molar-refractivity contribution is 5.83. The van der Waals surface area contributed by atoms with Crippen molar-refractivity contribution in [2.45, 2.75) is 44.6 Å². The van der Waals surface area contributed by atoms with Crippen molar-refractivity contribution in [2.24, 2.45) is 29.1 Å². The SMILES string of the molecule is COCC1(C(=O)N(C)C2C3CC4CC(C3)CC2C4)CCNC1. The van der Waals surface area contributed by atoms with Gasteiger partial charge in [0.1, 0.15) is 0 Å². The summed E-state index contributed by atoms with van der Waals surface area (Å²) < 4.78 is 5.42. The van der Waals surface area contributed by atoms with Gasteiger partial charge in [-0.05, 0) is 68.7 Å². The van der Waals surface area contributed by atoms with E-state index >= 15 is 0 Å². The van der Waals surface area contributed by atoms with E-state index in [0.717, 1.165) is 43.2 Å². The van der Waals surface area contributed by atoms with E-state index in [2.05, 4.69) is 17.3 Å². The van der Waals surface area contributed by atoms with Crippen LogP contribution in [0, 0.1) is 29.1 Å². The number of rotatable bonds is 4. The van der Waals surface area contributed by atoms with Crippen molar-refractivity contribution in [3.8, 4) is 0 Å². The molecule has 0 aromatic carbocycles. The molecule has 0 aromatic heterocycles. The van der Waals surface area contributed by atoms with Crippen LogP contribution in [0.15, 0.2) is 0 Å². The number of carbonyl (C=O) groups excluding carboxylic acids is 1. The Morgan fingerprint density at radius 1 is 1.18 bits per heavy atom. The Kier molecular flexibility index (Phi) is 3.73. The molecule has 1 atom stereocenters. The maximum absolute atomic E-state index is 13.3.